The van der Waals surface area contributed by atoms with E-state index in [0.717, 1.165) is 4.68 Å². The summed E-state index contributed by atoms with van der Waals surface area (Å²) in [5.41, 5.74) is 4.83. The van der Waals surface area contributed by atoms with Crippen LogP contribution in [-0.4, -0.2) is 18.5 Å². The number of anilines is 1. The summed E-state index contributed by atoms with van der Waals surface area (Å²) in [5, 5.41) is 3.29. The predicted molar refractivity (Wildman–Crippen MR) is 77.5 cm³/mol. The van der Waals surface area contributed by atoms with Crippen molar-refractivity contribution in [2.24, 2.45) is 0 Å². The summed E-state index contributed by atoms with van der Waals surface area (Å²) in [6, 6.07) is 1.43. The Morgan fingerprint density at radius 1 is 1.32 bits per heavy atom. The van der Waals surface area contributed by atoms with E-state index in [0.29, 0.717) is 12.1 Å². The van der Waals surface area contributed by atoms with Gasteiger partial charge in [-0.05, 0) is 12.1 Å². The molecule has 3 N–H and O–H groups in total. The minimum atomic E-state index is -4.59. The Balaban J connectivity index is 2.52. The molecule has 0 radical (unpaired) electrons. The number of nitrogens with two attached hydrogens (primary N) is 1. The standard InChI is InChI=1S/C11H8Cl2F3N3O2S/c12-7-1-6(11(14,15)16)2-8(13)9(7)19-3-5(4-22(20)21)10(17)18-19/h1-3H,4H2,(H2,17,18)(H,20,21). The Kier molecular flexibility index (Phi) is 4.71. The molecule has 1 aromatic carbocycles. The number of nitrogens with zero attached hydrogens (tertiary/aromatic N) is 2. The van der Waals surface area contributed by atoms with Crippen LogP contribution in [0.4, 0.5) is 19.0 Å². The molecule has 1 unspecified atom stereocenters. The van der Waals surface area contributed by atoms with Crippen molar-refractivity contribution in [3.63, 3.8) is 0 Å². The van der Waals surface area contributed by atoms with E-state index < -0.39 is 22.8 Å². The van der Waals surface area contributed by atoms with Gasteiger partial charge in [-0.1, -0.05) is 23.2 Å². The maximum absolute atomic E-state index is 12.7. The average Bonchev–Trinajstić information content (AvgIpc) is 2.67. The highest BCUT2D eigenvalue weighted by Crippen LogP contribution is 2.37. The third-order valence-corrected chi connectivity index (χ3v) is 3.81. The number of rotatable bonds is 3. The fourth-order valence-electron chi connectivity index (χ4n) is 1.73. The molecule has 1 atom stereocenters. The molecule has 2 aromatic rings. The summed E-state index contributed by atoms with van der Waals surface area (Å²) < 4.78 is 58.7. The predicted octanol–water partition coefficient (Wildman–Crippen LogP) is 3.50. The van der Waals surface area contributed by atoms with Gasteiger partial charge in [-0.15, -0.1) is 0 Å². The van der Waals surface area contributed by atoms with Crippen LogP contribution in [0.3, 0.4) is 0 Å². The Bertz CT molecular complexity index is 726. The van der Waals surface area contributed by atoms with E-state index in [1.807, 2.05) is 0 Å². The fourth-order valence-corrected chi connectivity index (χ4v) is 2.88. The third kappa shape index (κ3) is 3.54. The molecule has 0 fully saturated rings. The molecule has 0 bridgehead atoms. The lowest BCUT2D eigenvalue weighted by Crippen LogP contribution is -2.07. The van der Waals surface area contributed by atoms with Crippen LogP contribution in [0.25, 0.3) is 5.69 Å². The second-order valence-electron chi connectivity index (χ2n) is 4.24. The van der Waals surface area contributed by atoms with Crippen LogP contribution in [-0.2, 0) is 23.0 Å². The summed E-state index contributed by atoms with van der Waals surface area (Å²) in [7, 11) is 0. The Hall–Kier alpha value is -1.29. The SMILES string of the molecule is Nc1nn(-c2c(Cl)cc(C(F)(F)F)cc2Cl)cc1CS(=O)O. The number of benzene rings is 1. The minimum absolute atomic E-state index is 0.00185. The molecule has 1 aromatic heterocycles. The van der Waals surface area contributed by atoms with Crippen LogP contribution in [0.5, 0.6) is 0 Å². The van der Waals surface area contributed by atoms with Gasteiger partial charge >= 0.3 is 6.18 Å². The van der Waals surface area contributed by atoms with E-state index in [-0.39, 0.29) is 32.9 Å². The van der Waals surface area contributed by atoms with Crippen LogP contribution >= 0.6 is 23.2 Å². The van der Waals surface area contributed by atoms with E-state index in [4.69, 9.17) is 33.5 Å². The summed E-state index contributed by atoms with van der Waals surface area (Å²) in [5.74, 6) is -0.323. The molecular weight excluding hydrogens is 366 g/mol. The van der Waals surface area contributed by atoms with Crippen molar-refractivity contribution in [3.05, 3.63) is 39.5 Å². The first-order chi connectivity index (χ1) is 10.1. The van der Waals surface area contributed by atoms with Gasteiger partial charge in [0.2, 0.25) is 0 Å². The van der Waals surface area contributed by atoms with Gasteiger partial charge in [0.15, 0.2) is 11.1 Å². The zero-order valence-electron chi connectivity index (χ0n) is 10.6. The number of halogens is 5. The Labute approximate surface area is 135 Å². The molecule has 22 heavy (non-hydrogen) atoms. The first kappa shape index (κ1) is 17.1. The highest BCUT2D eigenvalue weighted by Gasteiger charge is 2.32. The maximum Gasteiger partial charge on any atom is 0.416 e. The molecule has 1 heterocycles. The quantitative estimate of drug-likeness (QED) is 0.806. The first-order valence-corrected chi connectivity index (χ1v) is 7.61. The van der Waals surface area contributed by atoms with E-state index in [9.17, 15) is 17.4 Å². The van der Waals surface area contributed by atoms with Crippen molar-refractivity contribution in [2.45, 2.75) is 11.9 Å². The normalized spacial score (nSPS) is 13.4. The van der Waals surface area contributed by atoms with Crippen molar-refractivity contribution < 1.29 is 21.9 Å². The number of nitrogen functional groups attached to an aromatic ring is 1. The van der Waals surface area contributed by atoms with Crippen molar-refractivity contribution in [1.29, 1.82) is 0 Å². The topological polar surface area (TPSA) is 81.1 Å². The van der Waals surface area contributed by atoms with Gasteiger partial charge in [0.25, 0.3) is 0 Å². The van der Waals surface area contributed by atoms with Crippen molar-refractivity contribution in [1.82, 2.24) is 9.78 Å². The van der Waals surface area contributed by atoms with Gasteiger partial charge in [-0.2, -0.15) is 18.3 Å². The average molecular weight is 374 g/mol. The minimum Gasteiger partial charge on any atom is -0.382 e. The molecule has 0 spiro atoms. The van der Waals surface area contributed by atoms with E-state index >= 15 is 0 Å². The van der Waals surface area contributed by atoms with Gasteiger partial charge in [0.1, 0.15) is 11.5 Å². The molecule has 120 valence electrons. The number of aromatic nitrogens is 2. The van der Waals surface area contributed by atoms with Crippen LogP contribution < -0.4 is 5.73 Å². The summed E-state index contributed by atoms with van der Waals surface area (Å²) in [6.45, 7) is 0. The Morgan fingerprint density at radius 3 is 2.32 bits per heavy atom. The lowest BCUT2D eigenvalue weighted by atomic mass is 10.2. The van der Waals surface area contributed by atoms with Gasteiger partial charge in [-0.25, -0.2) is 8.89 Å². The molecule has 0 saturated heterocycles. The number of hydrogen-bond donors (Lipinski definition) is 2. The van der Waals surface area contributed by atoms with Gasteiger partial charge in [0, 0.05) is 11.8 Å². The number of hydrogen-bond acceptors (Lipinski definition) is 3. The van der Waals surface area contributed by atoms with Gasteiger partial charge in [-0.3, -0.25) is 0 Å². The molecular formula is C11H8Cl2F3N3O2S. The largest absolute Gasteiger partial charge is 0.416 e. The van der Waals surface area contributed by atoms with E-state index in [1.54, 1.807) is 0 Å². The number of alkyl halides is 3. The fraction of sp³-hybridized carbons (Fsp3) is 0.182. The molecule has 5 nitrogen and oxygen atoms in total. The van der Waals surface area contributed by atoms with Crippen molar-refractivity contribution in [2.75, 3.05) is 5.73 Å². The van der Waals surface area contributed by atoms with E-state index in [1.165, 1.54) is 6.20 Å². The second-order valence-corrected chi connectivity index (χ2v) is 5.98. The Morgan fingerprint density at radius 2 is 1.86 bits per heavy atom. The molecule has 11 heteroatoms. The summed E-state index contributed by atoms with van der Waals surface area (Å²) >= 11 is 9.55. The highest BCUT2D eigenvalue weighted by atomic mass is 35.5. The zero-order chi connectivity index (χ0) is 16.7. The van der Waals surface area contributed by atoms with Crippen LogP contribution in [0, 0.1) is 0 Å². The molecule has 0 amide bonds. The third-order valence-electron chi connectivity index (χ3n) is 2.67. The second kappa shape index (κ2) is 6.07. The maximum atomic E-state index is 12.7. The first-order valence-electron chi connectivity index (χ1n) is 5.57. The van der Waals surface area contributed by atoms with Crippen molar-refractivity contribution in [3.8, 4) is 5.69 Å². The monoisotopic (exact) mass is 373 g/mol. The van der Waals surface area contributed by atoms with E-state index in [2.05, 4.69) is 5.10 Å². The lowest BCUT2D eigenvalue weighted by Gasteiger charge is -2.12. The molecule has 0 aliphatic rings. The van der Waals surface area contributed by atoms with Crippen LogP contribution in [0.1, 0.15) is 11.1 Å². The lowest BCUT2D eigenvalue weighted by molar-refractivity contribution is -0.137. The summed E-state index contributed by atoms with van der Waals surface area (Å²) in [6.07, 6.45) is -3.31. The van der Waals surface area contributed by atoms with Gasteiger partial charge < -0.3 is 10.3 Å². The molecule has 0 aliphatic carbocycles. The molecule has 0 saturated carbocycles. The smallest absolute Gasteiger partial charge is 0.382 e. The zero-order valence-corrected chi connectivity index (χ0v) is 12.9. The van der Waals surface area contributed by atoms with Crippen LogP contribution in [0.2, 0.25) is 10.0 Å². The van der Waals surface area contributed by atoms with Gasteiger partial charge in [0.05, 0.1) is 21.4 Å². The highest BCUT2D eigenvalue weighted by molar-refractivity contribution is 7.78. The van der Waals surface area contributed by atoms with Crippen LogP contribution in [0.15, 0.2) is 18.3 Å². The molecule has 2 rings (SSSR count). The molecule has 0 aliphatic heterocycles. The summed E-state index contributed by atoms with van der Waals surface area (Å²) in [4.78, 5) is 0. The van der Waals surface area contributed by atoms with Crippen molar-refractivity contribution >= 4 is 40.1 Å².